The first-order valence-corrected chi connectivity index (χ1v) is 9.77. The topological polar surface area (TPSA) is 84.0 Å². The Morgan fingerprint density at radius 2 is 1.93 bits per heavy atom. The fourth-order valence-electron chi connectivity index (χ4n) is 3.21. The van der Waals surface area contributed by atoms with Crippen molar-refractivity contribution in [1.82, 2.24) is 5.32 Å². The molecule has 0 bridgehead atoms. The first-order valence-electron chi connectivity index (χ1n) is 9.77. The largest absolute Gasteiger partial charge is 0.372 e. The Morgan fingerprint density at radius 1 is 1.14 bits per heavy atom. The van der Waals surface area contributed by atoms with Crippen LogP contribution in [0.5, 0.6) is 0 Å². The normalized spacial score (nSPS) is 16.0. The molecular formula is C22H28N3O3+. The summed E-state index contributed by atoms with van der Waals surface area (Å²) in [5, 5.41) is 7.71. The number of nitrogens with one attached hydrogen (secondary N) is 2. The van der Waals surface area contributed by atoms with Crippen LogP contribution >= 0.6 is 0 Å². The predicted octanol–water partition coefficient (Wildman–Crippen LogP) is 1.61. The lowest BCUT2D eigenvalue weighted by Crippen LogP contribution is -2.88. The van der Waals surface area contributed by atoms with E-state index in [0.717, 1.165) is 31.6 Å². The van der Waals surface area contributed by atoms with Crippen molar-refractivity contribution >= 4 is 17.5 Å². The van der Waals surface area contributed by atoms with E-state index in [0.29, 0.717) is 24.3 Å². The molecule has 1 aliphatic heterocycles. The minimum Gasteiger partial charge on any atom is -0.372 e. The van der Waals surface area contributed by atoms with E-state index >= 15 is 0 Å². The fraction of sp³-hybridized carbons (Fsp3) is 0.364. The Morgan fingerprint density at radius 3 is 2.68 bits per heavy atom. The van der Waals surface area contributed by atoms with E-state index in [4.69, 9.17) is 4.74 Å². The lowest BCUT2D eigenvalue weighted by Gasteiger charge is -2.12. The molecule has 0 aromatic heterocycles. The zero-order valence-corrected chi connectivity index (χ0v) is 16.2. The zero-order valence-electron chi connectivity index (χ0n) is 16.2. The van der Waals surface area contributed by atoms with Gasteiger partial charge < -0.3 is 20.7 Å². The van der Waals surface area contributed by atoms with E-state index in [2.05, 4.69) is 10.6 Å². The van der Waals surface area contributed by atoms with Gasteiger partial charge in [-0.25, -0.2) is 0 Å². The number of carbonyl (C=O) groups excluding carboxylic acids is 2. The number of anilines is 1. The van der Waals surface area contributed by atoms with Gasteiger partial charge in [-0.15, -0.1) is 0 Å². The Hall–Kier alpha value is -2.70. The molecule has 0 aliphatic carbocycles. The quantitative estimate of drug-likeness (QED) is 0.649. The summed E-state index contributed by atoms with van der Waals surface area (Å²) in [7, 11) is 0. The van der Waals surface area contributed by atoms with E-state index < -0.39 is 0 Å². The van der Waals surface area contributed by atoms with Crippen molar-refractivity contribution < 1.29 is 19.6 Å². The Labute approximate surface area is 165 Å². The summed E-state index contributed by atoms with van der Waals surface area (Å²) in [6.45, 7) is 4.37. The number of aryl methyl sites for hydroxylation is 1. The lowest BCUT2D eigenvalue weighted by atomic mass is 10.1. The molecule has 0 unspecified atom stereocenters. The molecule has 6 nitrogen and oxygen atoms in total. The third kappa shape index (κ3) is 5.90. The lowest BCUT2D eigenvalue weighted by molar-refractivity contribution is -0.649. The smallest absolute Gasteiger partial charge is 0.279 e. The van der Waals surface area contributed by atoms with Crippen molar-refractivity contribution in [3.05, 3.63) is 65.2 Å². The summed E-state index contributed by atoms with van der Waals surface area (Å²) >= 11 is 0. The summed E-state index contributed by atoms with van der Waals surface area (Å²) in [5.41, 5.74) is 3.20. The van der Waals surface area contributed by atoms with Crippen LogP contribution in [0.3, 0.4) is 0 Å². The van der Waals surface area contributed by atoms with Crippen molar-refractivity contribution in [3.63, 3.8) is 0 Å². The first kappa shape index (κ1) is 20.0. The molecule has 2 aromatic rings. The Bertz CT molecular complexity index is 799. The van der Waals surface area contributed by atoms with Crippen LogP contribution in [0, 0.1) is 6.92 Å². The van der Waals surface area contributed by atoms with Crippen molar-refractivity contribution in [3.8, 4) is 0 Å². The molecule has 2 amide bonds. The molecule has 0 radical (unpaired) electrons. The number of benzene rings is 2. The second-order valence-electron chi connectivity index (χ2n) is 7.13. The van der Waals surface area contributed by atoms with Crippen molar-refractivity contribution in [2.24, 2.45) is 0 Å². The van der Waals surface area contributed by atoms with Gasteiger partial charge in [0.25, 0.3) is 11.8 Å². The molecule has 28 heavy (non-hydrogen) atoms. The van der Waals surface area contributed by atoms with E-state index in [1.165, 1.54) is 5.56 Å². The summed E-state index contributed by atoms with van der Waals surface area (Å²) in [5.74, 6) is -0.336. The molecule has 3 rings (SSSR count). The van der Waals surface area contributed by atoms with Crippen molar-refractivity contribution in [2.45, 2.75) is 32.4 Å². The molecular weight excluding hydrogens is 354 g/mol. The fourth-order valence-corrected chi connectivity index (χ4v) is 3.21. The highest BCUT2D eigenvalue weighted by atomic mass is 16.5. The number of para-hydroxylation sites is 1. The number of hydrogen-bond donors (Lipinski definition) is 3. The van der Waals surface area contributed by atoms with Gasteiger partial charge in [0.2, 0.25) is 0 Å². The molecule has 148 valence electrons. The number of quaternary nitrogens is 1. The van der Waals surface area contributed by atoms with Crippen LogP contribution in [0.2, 0.25) is 0 Å². The molecule has 1 heterocycles. The highest BCUT2D eigenvalue weighted by molar-refractivity contribution is 6.03. The summed E-state index contributed by atoms with van der Waals surface area (Å²) in [6, 6.07) is 15.1. The van der Waals surface area contributed by atoms with Crippen molar-refractivity contribution in [2.75, 3.05) is 25.0 Å². The number of nitrogens with two attached hydrogens (primary N) is 1. The van der Waals surface area contributed by atoms with Gasteiger partial charge >= 0.3 is 0 Å². The van der Waals surface area contributed by atoms with Gasteiger partial charge in [0.1, 0.15) is 12.6 Å². The van der Waals surface area contributed by atoms with Gasteiger partial charge in [-0.3, -0.25) is 9.59 Å². The van der Waals surface area contributed by atoms with Crippen LogP contribution < -0.4 is 16.0 Å². The van der Waals surface area contributed by atoms with Crippen LogP contribution in [-0.4, -0.2) is 37.6 Å². The average Bonchev–Trinajstić information content (AvgIpc) is 3.21. The van der Waals surface area contributed by atoms with Crippen molar-refractivity contribution in [1.29, 1.82) is 0 Å². The Kier molecular flexibility index (Phi) is 7.17. The van der Waals surface area contributed by atoms with E-state index in [-0.39, 0.29) is 17.9 Å². The third-order valence-corrected chi connectivity index (χ3v) is 4.80. The molecule has 0 saturated carbocycles. The molecule has 1 aliphatic rings. The van der Waals surface area contributed by atoms with Gasteiger partial charge in [-0.1, -0.05) is 42.0 Å². The average molecular weight is 382 g/mol. The van der Waals surface area contributed by atoms with Gasteiger partial charge in [0.15, 0.2) is 6.54 Å². The monoisotopic (exact) mass is 382 g/mol. The zero-order chi connectivity index (χ0) is 19.8. The minimum absolute atomic E-state index is 0.128. The summed E-state index contributed by atoms with van der Waals surface area (Å²) in [4.78, 5) is 24.8. The van der Waals surface area contributed by atoms with Gasteiger partial charge in [-0.2, -0.15) is 0 Å². The van der Waals surface area contributed by atoms with Crippen LogP contribution in [0.15, 0.2) is 48.5 Å². The highest BCUT2D eigenvalue weighted by Gasteiger charge is 2.18. The molecule has 0 spiro atoms. The number of carbonyl (C=O) groups is 2. The van der Waals surface area contributed by atoms with E-state index in [9.17, 15) is 9.59 Å². The summed E-state index contributed by atoms with van der Waals surface area (Å²) < 4.78 is 5.56. The number of amides is 2. The SMILES string of the molecule is Cc1ccc(CNC(=O)c2ccccc2NC(=O)C[NH2+]C[C@H]2CCCO2)cc1. The van der Waals surface area contributed by atoms with Crippen LogP contribution in [0.1, 0.15) is 34.3 Å². The standard InChI is InChI=1S/C22H27N3O3/c1-16-8-10-17(11-9-16)13-24-22(27)19-6-2-3-7-20(19)25-21(26)15-23-14-18-5-4-12-28-18/h2-3,6-11,18,23H,4-5,12-15H2,1H3,(H,24,27)(H,25,26)/p+1/t18-/m1/s1. The highest BCUT2D eigenvalue weighted by Crippen LogP contribution is 2.15. The second kappa shape index (κ2) is 10.0. The van der Waals surface area contributed by atoms with Gasteiger partial charge in [0, 0.05) is 13.2 Å². The predicted molar refractivity (Wildman–Crippen MR) is 108 cm³/mol. The van der Waals surface area contributed by atoms with Gasteiger partial charge in [-0.05, 0) is 37.5 Å². The Balaban J connectivity index is 1.51. The van der Waals surface area contributed by atoms with Crippen LogP contribution in [-0.2, 0) is 16.1 Å². The molecule has 6 heteroatoms. The van der Waals surface area contributed by atoms with E-state index in [1.807, 2.05) is 42.6 Å². The maximum absolute atomic E-state index is 12.6. The molecule has 1 fully saturated rings. The van der Waals surface area contributed by atoms with Gasteiger partial charge in [0.05, 0.1) is 11.3 Å². The first-order chi connectivity index (χ1) is 13.6. The second-order valence-corrected chi connectivity index (χ2v) is 7.13. The number of rotatable bonds is 8. The number of ether oxygens (including phenoxy) is 1. The van der Waals surface area contributed by atoms with Crippen LogP contribution in [0.4, 0.5) is 5.69 Å². The molecule has 1 saturated heterocycles. The maximum atomic E-state index is 12.6. The maximum Gasteiger partial charge on any atom is 0.279 e. The number of hydrogen-bond acceptors (Lipinski definition) is 3. The molecule has 1 atom stereocenters. The third-order valence-electron chi connectivity index (χ3n) is 4.80. The minimum atomic E-state index is -0.209. The van der Waals surface area contributed by atoms with Crippen LogP contribution in [0.25, 0.3) is 0 Å². The molecule has 2 aromatic carbocycles. The molecule has 4 N–H and O–H groups in total. The van der Waals surface area contributed by atoms with E-state index in [1.54, 1.807) is 18.2 Å². The summed E-state index contributed by atoms with van der Waals surface area (Å²) in [6.07, 6.45) is 2.39.